The van der Waals surface area contributed by atoms with Crippen LogP contribution in [0.4, 0.5) is 17.1 Å². The van der Waals surface area contributed by atoms with Gasteiger partial charge in [0.1, 0.15) is 0 Å². The third kappa shape index (κ3) is 5.86. The summed E-state index contributed by atoms with van der Waals surface area (Å²) in [6.45, 7) is 0. The lowest BCUT2D eigenvalue weighted by Crippen LogP contribution is -2.29. The summed E-state index contributed by atoms with van der Waals surface area (Å²) in [6.07, 6.45) is 0. The van der Waals surface area contributed by atoms with Gasteiger partial charge in [-0.25, -0.2) is 0 Å². The maximum Gasteiger partial charge on any atom is 0.0726 e. The molecule has 0 saturated heterocycles. The minimum atomic E-state index is -0.589. The Morgan fingerprint density at radius 1 is 0.175 bits per heavy atom. The van der Waals surface area contributed by atoms with Gasteiger partial charge in [0.05, 0.1) is 16.2 Å². The van der Waals surface area contributed by atoms with Crippen molar-refractivity contribution in [2.75, 3.05) is 4.90 Å². The van der Waals surface area contributed by atoms with Crippen molar-refractivity contribution in [2.45, 2.75) is 16.2 Å². The van der Waals surface area contributed by atoms with Gasteiger partial charge in [0.25, 0.3) is 0 Å². The van der Waals surface area contributed by atoms with E-state index >= 15 is 0 Å². The number of nitrogens with zero attached hydrogens (tertiary/aromatic N) is 1. The average Bonchev–Trinajstić information content (AvgIpc) is 4.36. The van der Waals surface area contributed by atoms with Crippen LogP contribution in [0.25, 0.3) is 55.3 Å². The quantitative estimate of drug-likeness (QED) is 0.154. The van der Waals surface area contributed by atoms with Crippen LogP contribution in [-0.2, 0) is 16.2 Å². The smallest absolute Gasteiger partial charge is 0.0726 e. The van der Waals surface area contributed by atoms with E-state index in [2.05, 4.69) is 314 Å². The highest BCUT2D eigenvalue weighted by molar-refractivity contribution is 6.01. The van der Waals surface area contributed by atoms with Gasteiger partial charge < -0.3 is 4.90 Å². The number of anilines is 3. The number of benzene rings is 13. The molecule has 0 aromatic heterocycles. The zero-order valence-corrected chi connectivity index (χ0v) is 43.9. The number of fused-ring (bicyclic) bond motifs is 17. The first-order valence-electron chi connectivity index (χ1n) is 28.1. The zero-order chi connectivity index (χ0) is 52.6. The summed E-state index contributed by atoms with van der Waals surface area (Å²) in [5.41, 5.74) is 27.2. The molecular formula is C79H51N. The van der Waals surface area contributed by atoms with E-state index in [0.717, 1.165) is 17.1 Å². The first kappa shape index (κ1) is 45.0. The fraction of sp³-hybridized carbons (Fsp3) is 0.0380. The van der Waals surface area contributed by atoms with Gasteiger partial charge in [-0.15, -0.1) is 0 Å². The third-order valence-corrected chi connectivity index (χ3v) is 18.6. The predicted molar refractivity (Wildman–Crippen MR) is 330 cm³/mol. The second kappa shape index (κ2) is 17.0. The fourth-order valence-corrected chi connectivity index (χ4v) is 15.5. The maximum absolute atomic E-state index is 2.58. The molecule has 0 heterocycles. The van der Waals surface area contributed by atoms with Crippen LogP contribution in [-0.4, -0.2) is 0 Å². The topological polar surface area (TPSA) is 3.24 Å². The molecule has 1 nitrogen and oxygen atoms in total. The first-order chi connectivity index (χ1) is 39.7. The summed E-state index contributed by atoms with van der Waals surface area (Å²) in [6, 6.07) is 117. The molecule has 13 aromatic carbocycles. The highest BCUT2D eigenvalue weighted by atomic mass is 15.1. The van der Waals surface area contributed by atoms with Crippen molar-refractivity contribution >= 4 is 27.8 Å². The number of hydrogen-bond acceptors (Lipinski definition) is 1. The molecule has 372 valence electrons. The number of hydrogen-bond donors (Lipinski definition) is 0. The molecule has 0 atom stereocenters. The van der Waals surface area contributed by atoms with Gasteiger partial charge in [0.15, 0.2) is 0 Å². The highest BCUT2D eigenvalue weighted by Gasteiger charge is 2.53. The molecule has 0 aliphatic heterocycles. The third-order valence-electron chi connectivity index (χ3n) is 18.6. The lowest BCUT2D eigenvalue weighted by atomic mass is 9.67. The molecule has 17 rings (SSSR count). The van der Waals surface area contributed by atoms with Crippen molar-refractivity contribution in [3.05, 3.63) is 376 Å². The summed E-state index contributed by atoms with van der Waals surface area (Å²) in [7, 11) is 0. The van der Waals surface area contributed by atoms with Crippen molar-refractivity contribution in [3.8, 4) is 44.5 Å². The van der Waals surface area contributed by atoms with E-state index in [1.165, 1.54) is 122 Å². The van der Waals surface area contributed by atoms with Crippen LogP contribution < -0.4 is 4.90 Å². The molecule has 0 fully saturated rings. The normalized spacial score (nSPS) is 14.6. The van der Waals surface area contributed by atoms with Gasteiger partial charge in [-0.2, -0.15) is 0 Å². The van der Waals surface area contributed by atoms with E-state index in [9.17, 15) is 0 Å². The minimum absolute atomic E-state index is 0.561. The van der Waals surface area contributed by atoms with Crippen LogP contribution >= 0.6 is 0 Å². The Labute approximate surface area is 467 Å². The van der Waals surface area contributed by atoms with Crippen LogP contribution in [0.15, 0.2) is 309 Å². The fourth-order valence-electron chi connectivity index (χ4n) is 15.5. The van der Waals surface area contributed by atoms with Gasteiger partial charge in [-0.05, 0) is 171 Å². The van der Waals surface area contributed by atoms with E-state index in [-0.39, 0.29) is 0 Å². The Hall–Kier alpha value is -10.1. The molecule has 0 unspecified atom stereocenters. The van der Waals surface area contributed by atoms with E-state index in [0.29, 0.717) is 0 Å². The monoisotopic (exact) mass is 1010 g/mol. The Kier molecular flexibility index (Phi) is 9.54. The first-order valence-corrected chi connectivity index (χ1v) is 28.1. The van der Waals surface area contributed by atoms with Crippen LogP contribution in [0.2, 0.25) is 0 Å². The molecule has 4 aliphatic rings. The summed E-state index contributed by atoms with van der Waals surface area (Å²) >= 11 is 0. The Morgan fingerprint density at radius 3 is 0.812 bits per heavy atom. The molecule has 4 aliphatic carbocycles. The molecule has 13 aromatic rings. The molecule has 0 radical (unpaired) electrons. The number of rotatable bonds is 7. The van der Waals surface area contributed by atoms with Crippen molar-refractivity contribution in [1.82, 2.24) is 0 Å². The van der Waals surface area contributed by atoms with Gasteiger partial charge in [0.2, 0.25) is 0 Å². The Morgan fingerprint density at radius 2 is 0.438 bits per heavy atom. The minimum Gasteiger partial charge on any atom is -0.310 e. The molecule has 0 bridgehead atoms. The molecule has 0 N–H and O–H groups in total. The molecular weight excluding hydrogens is 963 g/mol. The van der Waals surface area contributed by atoms with Gasteiger partial charge in [-0.3, -0.25) is 0 Å². The lowest BCUT2D eigenvalue weighted by molar-refractivity contribution is 0.767. The molecule has 0 amide bonds. The molecule has 80 heavy (non-hydrogen) atoms. The maximum atomic E-state index is 2.58. The lowest BCUT2D eigenvalue weighted by Gasteiger charge is -2.36. The zero-order valence-electron chi connectivity index (χ0n) is 43.9. The van der Waals surface area contributed by atoms with Crippen LogP contribution in [0, 0.1) is 0 Å². The van der Waals surface area contributed by atoms with E-state index < -0.39 is 16.2 Å². The Bertz CT molecular complexity index is 4340. The largest absolute Gasteiger partial charge is 0.310 e. The van der Waals surface area contributed by atoms with Crippen molar-refractivity contribution < 1.29 is 0 Å². The van der Waals surface area contributed by atoms with Crippen molar-refractivity contribution in [2.24, 2.45) is 0 Å². The van der Waals surface area contributed by atoms with E-state index in [1.807, 2.05) is 0 Å². The summed E-state index contributed by atoms with van der Waals surface area (Å²) in [5, 5.41) is 2.50. The van der Waals surface area contributed by atoms with E-state index in [4.69, 9.17) is 0 Å². The second-order valence-corrected chi connectivity index (χ2v) is 22.2. The van der Waals surface area contributed by atoms with Crippen molar-refractivity contribution in [1.29, 1.82) is 0 Å². The van der Waals surface area contributed by atoms with E-state index in [1.54, 1.807) is 0 Å². The van der Waals surface area contributed by atoms with Crippen LogP contribution in [0.1, 0.15) is 66.8 Å². The molecule has 0 saturated carbocycles. The predicted octanol–water partition coefficient (Wildman–Crippen LogP) is 19.4. The molecule has 1 heteroatoms. The van der Waals surface area contributed by atoms with Crippen molar-refractivity contribution in [3.63, 3.8) is 0 Å². The van der Waals surface area contributed by atoms with Gasteiger partial charge in [-0.1, -0.05) is 261 Å². The Balaban J connectivity index is 0.977. The SMILES string of the molecule is c1ccc(C2(c3ccccc3)c3ccccc3-c3ccc(N(c4ccc5c(c4)C(c4ccccc4)(c4ccccc4)c4ccccc4-5)c4ccc5c(c4)C4(c6ccccc6-c6ccccc64)c4cc6ccccc6cc4-5)cc32)cc1. The summed E-state index contributed by atoms with van der Waals surface area (Å²) in [5.74, 6) is 0. The standard InChI is InChI=1S/C79H51N/c1-5-25-54(26-6-1)77(55-27-7-2-8-28-55)69-37-19-15-35-63(69)65-44-41-58(49-74(65)77)80(59-42-45-66-64-36-16-20-38-70(64)78(75(66)50-59,56-29-9-3-10-30-56)57-31-11-4-12-32-57)60-43-46-67-68-47-52-23-13-14-24-53(52)48-73(68)79(76(67)51-60)71-39-21-17-33-61(71)62-34-18-22-40-72(62)79/h1-51H. The molecule has 1 spiro atoms. The average molecular weight is 1010 g/mol. The summed E-state index contributed by atoms with van der Waals surface area (Å²) in [4.78, 5) is 2.58. The second-order valence-electron chi connectivity index (χ2n) is 22.2. The highest BCUT2D eigenvalue weighted by Crippen LogP contribution is 2.65. The van der Waals surface area contributed by atoms with Crippen LogP contribution in [0.3, 0.4) is 0 Å². The van der Waals surface area contributed by atoms with Gasteiger partial charge in [0, 0.05) is 17.1 Å². The summed E-state index contributed by atoms with van der Waals surface area (Å²) < 4.78 is 0. The van der Waals surface area contributed by atoms with Gasteiger partial charge >= 0.3 is 0 Å². The van der Waals surface area contributed by atoms with Crippen LogP contribution in [0.5, 0.6) is 0 Å².